The van der Waals surface area contributed by atoms with Gasteiger partial charge in [-0.1, -0.05) is 56.3 Å². The molecule has 0 fully saturated rings. The van der Waals surface area contributed by atoms with Gasteiger partial charge in [0.25, 0.3) is 0 Å². The van der Waals surface area contributed by atoms with Crippen molar-refractivity contribution in [2.75, 3.05) is 18.5 Å². The lowest BCUT2D eigenvalue weighted by molar-refractivity contribution is -0.137. The number of hydrogen-bond donors (Lipinski definition) is 1. The van der Waals surface area contributed by atoms with Crippen LogP contribution in [-0.2, 0) is 22.3 Å². The smallest absolute Gasteiger partial charge is 0.416 e. The molecular weight excluding hydrogens is 497 g/mol. The van der Waals surface area contributed by atoms with Crippen LogP contribution in [0.15, 0.2) is 78.9 Å². The summed E-state index contributed by atoms with van der Waals surface area (Å²) in [6.07, 6.45) is -4.50. The molecule has 0 radical (unpaired) electrons. The monoisotopic (exact) mass is 524 g/mol. The molecule has 3 aromatic carbocycles. The third kappa shape index (κ3) is 7.19. The summed E-state index contributed by atoms with van der Waals surface area (Å²) in [6.45, 7) is 4.48. The molecule has 0 aliphatic rings. The number of benzene rings is 3. The second-order valence-corrected chi connectivity index (χ2v) is 8.99. The molecule has 0 aliphatic carbocycles. The summed E-state index contributed by atoms with van der Waals surface area (Å²) in [7, 11) is 0. The third-order valence-electron chi connectivity index (χ3n) is 5.32. The van der Waals surface area contributed by atoms with Crippen LogP contribution < -0.4 is 10.1 Å². The number of nitrogens with zero attached hydrogens (tertiary/aromatic N) is 3. The van der Waals surface area contributed by atoms with Crippen molar-refractivity contribution in [2.45, 2.75) is 26.6 Å². The van der Waals surface area contributed by atoms with Crippen LogP contribution in [0.2, 0.25) is 0 Å². The van der Waals surface area contributed by atoms with Gasteiger partial charge in [0.2, 0.25) is 5.91 Å². The zero-order valence-corrected chi connectivity index (χ0v) is 20.9. The Morgan fingerprint density at radius 3 is 2.42 bits per heavy atom. The molecule has 0 bridgehead atoms. The number of amides is 1. The maximum absolute atomic E-state index is 13.3. The SMILES string of the molecule is CC(C)COc1nc(-c2cccc(C(F)(F)F)c2)n(-c2ccc(NC(=O)COCc3ccccc3)cc2)n1. The van der Waals surface area contributed by atoms with E-state index >= 15 is 0 Å². The molecule has 1 N–H and O–H groups in total. The summed E-state index contributed by atoms with van der Waals surface area (Å²) >= 11 is 0. The number of carbonyl (C=O) groups is 1. The Kier molecular flexibility index (Phi) is 8.42. The molecule has 38 heavy (non-hydrogen) atoms. The number of nitrogens with one attached hydrogen (secondary N) is 1. The molecule has 0 spiro atoms. The Bertz CT molecular complexity index is 1350. The van der Waals surface area contributed by atoms with E-state index in [4.69, 9.17) is 9.47 Å². The van der Waals surface area contributed by atoms with E-state index in [2.05, 4.69) is 15.4 Å². The molecule has 0 saturated heterocycles. The fraction of sp³-hybridized carbons (Fsp3) is 0.250. The van der Waals surface area contributed by atoms with Gasteiger partial charge in [-0.3, -0.25) is 4.79 Å². The number of carbonyl (C=O) groups excluding carboxylic acids is 1. The number of anilines is 1. The van der Waals surface area contributed by atoms with Gasteiger partial charge in [0, 0.05) is 11.3 Å². The lowest BCUT2D eigenvalue weighted by atomic mass is 10.1. The summed E-state index contributed by atoms with van der Waals surface area (Å²) in [5.41, 5.74) is 1.47. The number of ether oxygens (including phenoxy) is 2. The van der Waals surface area contributed by atoms with Crippen molar-refractivity contribution in [2.24, 2.45) is 5.92 Å². The topological polar surface area (TPSA) is 78.3 Å². The van der Waals surface area contributed by atoms with Crippen LogP contribution in [-0.4, -0.2) is 33.9 Å². The molecule has 0 unspecified atom stereocenters. The van der Waals surface area contributed by atoms with Crippen LogP contribution in [0.4, 0.5) is 18.9 Å². The van der Waals surface area contributed by atoms with Crippen LogP contribution in [0.5, 0.6) is 6.01 Å². The zero-order chi connectivity index (χ0) is 27.1. The maximum atomic E-state index is 13.3. The standard InChI is InChI=1S/C28H27F3N4O3/c1-19(2)16-38-27-33-26(21-9-6-10-22(15-21)28(29,30)31)35(34-27)24-13-11-23(12-14-24)32-25(36)18-37-17-20-7-4-3-5-8-20/h3-15,19H,16-18H2,1-2H3,(H,32,36). The number of alkyl halides is 3. The minimum Gasteiger partial charge on any atom is -0.462 e. The van der Waals surface area contributed by atoms with Crippen molar-refractivity contribution >= 4 is 11.6 Å². The van der Waals surface area contributed by atoms with Crippen molar-refractivity contribution in [3.05, 3.63) is 90.0 Å². The summed E-state index contributed by atoms with van der Waals surface area (Å²) in [5, 5.41) is 7.13. The normalized spacial score (nSPS) is 11.5. The van der Waals surface area contributed by atoms with Crippen LogP contribution in [0.1, 0.15) is 25.0 Å². The highest BCUT2D eigenvalue weighted by atomic mass is 19.4. The molecule has 7 nitrogen and oxygen atoms in total. The van der Waals surface area contributed by atoms with Gasteiger partial charge in [-0.05, 0) is 47.9 Å². The first-order chi connectivity index (χ1) is 18.2. The highest BCUT2D eigenvalue weighted by molar-refractivity contribution is 5.91. The lowest BCUT2D eigenvalue weighted by Crippen LogP contribution is -2.18. The third-order valence-corrected chi connectivity index (χ3v) is 5.32. The summed E-state index contributed by atoms with van der Waals surface area (Å²) in [4.78, 5) is 16.6. The number of halogens is 3. The predicted octanol–water partition coefficient (Wildman–Crippen LogP) is 6.14. The predicted molar refractivity (Wildman–Crippen MR) is 137 cm³/mol. The second kappa shape index (κ2) is 11.9. The van der Waals surface area contributed by atoms with Crippen LogP contribution >= 0.6 is 0 Å². The van der Waals surface area contributed by atoms with Gasteiger partial charge in [-0.25, -0.2) is 4.68 Å². The van der Waals surface area contributed by atoms with Gasteiger partial charge in [-0.2, -0.15) is 18.2 Å². The largest absolute Gasteiger partial charge is 0.462 e. The van der Waals surface area contributed by atoms with Gasteiger partial charge >= 0.3 is 12.2 Å². The van der Waals surface area contributed by atoms with Crippen molar-refractivity contribution in [1.82, 2.24) is 14.8 Å². The quantitative estimate of drug-likeness (QED) is 0.270. The molecule has 0 atom stereocenters. The van der Waals surface area contributed by atoms with Crippen molar-refractivity contribution in [3.8, 4) is 23.1 Å². The van der Waals surface area contributed by atoms with Gasteiger partial charge < -0.3 is 14.8 Å². The fourth-order valence-corrected chi connectivity index (χ4v) is 3.52. The van der Waals surface area contributed by atoms with E-state index in [1.807, 2.05) is 44.2 Å². The van der Waals surface area contributed by atoms with Gasteiger partial charge in [0.15, 0.2) is 5.82 Å². The molecule has 4 rings (SSSR count). The summed E-state index contributed by atoms with van der Waals surface area (Å²) in [6, 6.07) is 21.1. The molecule has 1 amide bonds. The minimum atomic E-state index is -4.50. The first kappa shape index (κ1) is 26.9. The average Bonchev–Trinajstić information content (AvgIpc) is 3.32. The molecule has 10 heteroatoms. The first-order valence-corrected chi connectivity index (χ1v) is 12.0. The Morgan fingerprint density at radius 2 is 1.74 bits per heavy atom. The van der Waals surface area contributed by atoms with E-state index in [-0.39, 0.29) is 35.8 Å². The zero-order valence-electron chi connectivity index (χ0n) is 20.9. The van der Waals surface area contributed by atoms with E-state index in [1.165, 1.54) is 16.8 Å². The lowest BCUT2D eigenvalue weighted by Gasteiger charge is -2.10. The molecule has 1 heterocycles. The maximum Gasteiger partial charge on any atom is 0.416 e. The Morgan fingerprint density at radius 1 is 1.00 bits per heavy atom. The van der Waals surface area contributed by atoms with Crippen molar-refractivity contribution < 1.29 is 27.4 Å². The number of hydrogen-bond acceptors (Lipinski definition) is 5. The van der Waals surface area contributed by atoms with E-state index < -0.39 is 11.7 Å². The van der Waals surface area contributed by atoms with Crippen molar-refractivity contribution in [3.63, 3.8) is 0 Å². The van der Waals surface area contributed by atoms with E-state index in [1.54, 1.807) is 24.3 Å². The molecule has 0 saturated carbocycles. The van der Waals surface area contributed by atoms with Crippen LogP contribution in [0.3, 0.4) is 0 Å². The van der Waals surface area contributed by atoms with E-state index in [9.17, 15) is 18.0 Å². The number of rotatable bonds is 10. The van der Waals surface area contributed by atoms with Gasteiger partial charge in [-0.15, -0.1) is 5.10 Å². The highest BCUT2D eigenvalue weighted by Gasteiger charge is 2.31. The molecular formula is C28H27F3N4O3. The molecule has 198 valence electrons. The van der Waals surface area contributed by atoms with Gasteiger partial charge in [0.1, 0.15) is 6.61 Å². The Hall–Kier alpha value is -4.18. The number of aromatic nitrogens is 3. The molecule has 4 aromatic rings. The Labute approximate surface area is 218 Å². The van der Waals surface area contributed by atoms with E-state index in [0.717, 1.165) is 17.7 Å². The van der Waals surface area contributed by atoms with Gasteiger partial charge in [0.05, 0.1) is 24.5 Å². The van der Waals surface area contributed by atoms with E-state index in [0.29, 0.717) is 24.6 Å². The van der Waals surface area contributed by atoms with Crippen LogP contribution in [0.25, 0.3) is 17.1 Å². The summed E-state index contributed by atoms with van der Waals surface area (Å²) < 4.78 is 52.5. The van der Waals surface area contributed by atoms with Crippen molar-refractivity contribution in [1.29, 1.82) is 0 Å². The first-order valence-electron chi connectivity index (χ1n) is 12.0. The average molecular weight is 525 g/mol. The summed E-state index contributed by atoms with van der Waals surface area (Å²) in [5.74, 6) is 0.0861. The Balaban J connectivity index is 1.51. The highest BCUT2D eigenvalue weighted by Crippen LogP contribution is 2.33. The molecule has 0 aliphatic heterocycles. The fourth-order valence-electron chi connectivity index (χ4n) is 3.52. The van der Waals surface area contributed by atoms with Crippen LogP contribution in [0, 0.1) is 5.92 Å². The second-order valence-electron chi connectivity index (χ2n) is 8.99. The molecule has 1 aromatic heterocycles. The minimum absolute atomic E-state index is 0.0547.